The fourth-order valence-corrected chi connectivity index (χ4v) is 3.44. The van der Waals surface area contributed by atoms with Gasteiger partial charge in [-0.3, -0.25) is 28.6 Å². The highest BCUT2D eigenvalue weighted by molar-refractivity contribution is 5.97. The van der Waals surface area contributed by atoms with Crippen molar-refractivity contribution in [2.45, 2.75) is 58.3 Å². The van der Waals surface area contributed by atoms with Crippen LogP contribution < -0.4 is 4.90 Å². The van der Waals surface area contributed by atoms with Gasteiger partial charge in [0.25, 0.3) is 0 Å². The van der Waals surface area contributed by atoms with Crippen LogP contribution in [0.5, 0.6) is 0 Å². The molecule has 172 valence electrons. The molecule has 0 bridgehead atoms. The number of ketones is 1. The van der Waals surface area contributed by atoms with E-state index in [1.165, 1.54) is 36.1 Å². The molecule has 0 aliphatic carbocycles. The third kappa shape index (κ3) is 4.29. The lowest BCUT2D eigenvalue weighted by atomic mass is 10.0. The van der Waals surface area contributed by atoms with Gasteiger partial charge in [0.2, 0.25) is 5.91 Å². The van der Waals surface area contributed by atoms with E-state index in [0.717, 1.165) is 20.8 Å². The van der Waals surface area contributed by atoms with E-state index in [9.17, 15) is 24.3 Å². The van der Waals surface area contributed by atoms with E-state index in [0.29, 0.717) is 0 Å². The second-order valence-corrected chi connectivity index (χ2v) is 7.29. The van der Waals surface area contributed by atoms with Crippen LogP contribution in [-0.4, -0.2) is 79.7 Å². The summed E-state index contributed by atoms with van der Waals surface area (Å²) in [5.74, 6) is -2.10. The molecule has 0 saturated carbocycles. The smallest absolute Gasteiger partial charge is 0.303 e. The highest BCUT2D eigenvalue weighted by atomic mass is 16.6. The highest BCUT2D eigenvalue weighted by Crippen LogP contribution is 2.37. The zero-order chi connectivity index (χ0) is 23.7. The van der Waals surface area contributed by atoms with E-state index in [4.69, 9.17) is 14.2 Å². The van der Waals surface area contributed by atoms with Gasteiger partial charge in [0, 0.05) is 27.8 Å². The van der Waals surface area contributed by atoms with Crippen LogP contribution in [0.4, 0.5) is 5.82 Å². The number of ether oxygens (including phenoxy) is 3. The van der Waals surface area contributed by atoms with Crippen molar-refractivity contribution in [3.8, 4) is 0 Å². The predicted molar refractivity (Wildman–Crippen MR) is 106 cm³/mol. The number of hydrogen-bond donors (Lipinski definition) is 1. The molecule has 3 rings (SSSR count). The number of rotatable bonds is 6. The monoisotopic (exact) mass is 449 g/mol. The Morgan fingerprint density at radius 3 is 2.25 bits per heavy atom. The number of hydrogen-bond acceptors (Lipinski definition) is 11. The second kappa shape index (κ2) is 8.96. The first kappa shape index (κ1) is 23.2. The lowest BCUT2D eigenvalue weighted by molar-refractivity contribution is -0.167. The Bertz CT molecular complexity index is 1070. The molecule has 5 atom stereocenters. The Morgan fingerprint density at radius 2 is 1.69 bits per heavy atom. The van der Waals surface area contributed by atoms with Crippen molar-refractivity contribution in [3.05, 3.63) is 12.7 Å². The van der Waals surface area contributed by atoms with Crippen LogP contribution >= 0.6 is 0 Å². The van der Waals surface area contributed by atoms with Crippen molar-refractivity contribution in [3.63, 3.8) is 0 Å². The molecule has 1 fully saturated rings. The van der Waals surface area contributed by atoms with Crippen LogP contribution in [0.1, 0.15) is 33.9 Å². The average molecular weight is 449 g/mol. The summed E-state index contributed by atoms with van der Waals surface area (Å²) < 4.78 is 17.9. The molecule has 13 heteroatoms. The topological polar surface area (TPSA) is 163 Å². The number of amides is 1. The van der Waals surface area contributed by atoms with Gasteiger partial charge in [-0.15, -0.1) is 0 Å². The number of imidazole rings is 1. The summed E-state index contributed by atoms with van der Waals surface area (Å²) in [4.78, 5) is 60.9. The maximum atomic E-state index is 11.8. The number of carbonyl (C=O) groups is 4. The largest absolute Gasteiger partial charge is 0.455 e. The van der Waals surface area contributed by atoms with Crippen LogP contribution in [0.15, 0.2) is 12.7 Å². The van der Waals surface area contributed by atoms with Gasteiger partial charge in [-0.05, 0) is 6.92 Å². The van der Waals surface area contributed by atoms with Gasteiger partial charge >= 0.3 is 11.9 Å². The Kier molecular flexibility index (Phi) is 6.50. The van der Waals surface area contributed by atoms with Crippen molar-refractivity contribution in [1.29, 1.82) is 0 Å². The van der Waals surface area contributed by atoms with Gasteiger partial charge in [-0.1, -0.05) is 0 Å². The number of Topliss-reactive ketones (excluding diaryl/α,β-unsaturated/α-hetero) is 1. The van der Waals surface area contributed by atoms with Gasteiger partial charge in [0.1, 0.15) is 18.5 Å². The van der Waals surface area contributed by atoms with E-state index in [1.54, 1.807) is 0 Å². The Morgan fingerprint density at radius 1 is 1.06 bits per heavy atom. The van der Waals surface area contributed by atoms with Gasteiger partial charge in [0.05, 0.1) is 6.33 Å². The van der Waals surface area contributed by atoms with Crippen molar-refractivity contribution >= 4 is 40.6 Å². The maximum Gasteiger partial charge on any atom is 0.303 e. The van der Waals surface area contributed by atoms with E-state index in [-0.39, 0.29) is 22.9 Å². The summed E-state index contributed by atoms with van der Waals surface area (Å²) >= 11 is 0. The molecule has 0 spiro atoms. The summed E-state index contributed by atoms with van der Waals surface area (Å²) in [6.07, 6.45) is -4.08. The fraction of sp³-hybridized carbons (Fsp3) is 0.526. The molecule has 13 nitrogen and oxygen atoms in total. The minimum absolute atomic E-state index is 0.227. The molecular weight excluding hydrogens is 426 g/mol. The quantitative estimate of drug-likeness (QED) is 0.567. The van der Waals surface area contributed by atoms with Crippen LogP contribution in [0.25, 0.3) is 11.2 Å². The Balaban J connectivity index is 2.12. The van der Waals surface area contributed by atoms with E-state index >= 15 is 0 Å². The first-order valence-corrected chi connectivity index (χ1v) is 9.63. The van der Waals surface area contributed by atoms with Crippen molar-refractivity contribution in [2.75, 3.05) is 11.9 Å². The molecule has 0 radical (unpaired) electrons. The first-order valence-electron chi connectivity index (χ1n) is 9.63. The molecule has 1 aliphatic rings. The molecule has 3 heterocycles. The lowest BCUT2D eigenvalue weighted by Crippen LogP contribution is -2.45. The van der Waals surface area contributed by atoms with Gasteiger partial charge in [0.15, 0.2) is 41.2 Å². The molecule has 32 heavy (non-hydrogen) atoms. The zero-order valence-corrected chi connectivity index (χ0v) is 18.1. The highest BCUT2D eigenvalue weighted by Gasteiger charge is 2.53. The Hall–Kier alpha value is -3.45. The van der Waals surface area contributed by atoms with E-state index < -0.39 is 48.4 Å². The first-order chi connectivity index (χ1) is 15.0. The average Bonchev–Trinajstić information content (AvgIpc) is 3.27. The van der Waals surface area contributed by atoms with Gasteiger partial charge in [-0.25, -0.2) is 15.0 Å². The molecule has 0 aromatic carbocycles. The molecular formula is C19H23N5O8. The minimum Gasteiger partial charge on any atom is -0.455 e. The summed E-state index contributed by atoms with van der Waals surface area (Å²) in [5, 5.41) is 10.4. The number of fused-ring (bicyclic) bond motifs is 1. The second-order valence-electron chi connectivity index (χ2n) is 7.29. The predicted octanol–water partition coefficient (Wildman–Crippen LogP) is -0.480. The van der Waals surface area contributed by atoms with Crippen molar-refractivity contribution in [2.24, 2.45) is 0 Å². The molecule has 1 aliphatic heterocycles. The number of esters is 2. The summed E-state index contributed by atoms with van der Waals surface area (Å²) in [6, 6.07) is 0. The molecule has 2 aromatic rings. The van der Waals surface area contributed by atoms with E-state index in [2.05, 4.69) is 15.0 Å². The molecule has 1 N–H and O–H groups in total. The number of nitrogens with zero attached hydrogens (tertiary/aromatic N) is 5. The van der Waals surface area contributed by atoms with E-state index in [1.807, 2.05) is 0 Å². The SMILES string of the molecule is CC(=O)O[C@@H]1[C@H](OC(C)=O)[C@@H](C(O)C(C)=O)O[C@H]1n1cnc2c(N(C)C(C)=O)ncnc21. The lowest BCUT2D eigenvalue weighted by Gasteiger charge is -2.24. The van der Waals surface area contributed by atoms with Crippen molar-refractivity contribution in [1.82, 2.24) is 19.5 Å². The minimum atomic E-state index is -1.65. The fourth-order valence-electron chi connectivity index (χ4n) is 3.44. The standard InChI is InChI=1S/C19H23N5O8/c1-8(25)13(29)14-15(30-10(3)27)16(31-11(4)28)19(32-14)24-7-22-12-17(23(5)9(2)26)20-6-21-18(12)24/h6-7,13-16,19,29H,1-5H3/t13?,14-,15-,16-,19-/m1/s1. The normalized spacial score (nSPS) is 23.6. The molecule has 2 aromatic heterocycles. The third-order valence-electron chi connectivity index (χ3n) is 4.96. The maximum absolute atomic E-state index is 11.8. The number of anilines is 1. The number of aliphatic hydroxyl groups is 1. The number of carbonyl (C=O) groups excluding carboxylic acids is 4. The van der Waals surface area contributed by atoms with Crippen LogP contribution in [0.3, 0.4) is 0 Å². The van der Waals surface area contributed by atoms with Gasteiger partial charge in [-0.2, -0.15) is 0 Å². The van der Waals surface area contributed by atoms with Crippen molar-refractivity contribution < 1.29 is 38.5 Å². The third-order valence-corrected chi connectivity index (χ3v) is 4.96. The molecule has 1 amide bonds. The summed E-state index contributed by atoms with van der Waals surface area (Å²) in [6.45, 7) is 4.81. The zero-order valence-electron chi connectivity index (χ0n) is 18.1. The van der Waals surface area contributed by atoms with Crippen LogP contribution in [-0.2, 0) is 33.4 Å². The molecule has 1 unspecified atom stereocenters. The summed E-state index contributed by atoms with van der Waals surface area (Å²) in [5.41, 5.74) is 0.486. The van der Waals surface area contributed by atoms with Crippen LogP contribution in [0, 0.1) is 0 Å². The molecule has 1 saturated heterocycles. The number of aromatic nitrogens is 4. The summed E-state index contributed by atoms with van der Waals surface area (Å²) in [7, 11) is 1.52. The Labute approximate surface area is 182 Å². The van der Waals surface area contributed by atoms with Crippen LogP contribution in [0.2, 0.25) is 0 Å². The number of aliphatic hydroxyl groups excluding tert-OH is 1. The van der Waals surface area contributed by atoms with Gasteiger partial charge < -0.3 is 19.3 Å².